The molecule has 1 atom stereocenters. The average Bonchev–Trinajstić information content (AvgIpc) is 2.66. The molecule has 1 unspecified atom stereocenters. The molecule has 4 heteroatoms. The molecule has 0 aliphatic rings. The number of rotatable bonds is 3. The molecule has 2 rings (SSSR count). The highest BCUT2D eigenvalue weighted by molar-refractivity contribution is 5.55. The summed E-state index contributed by atoms with van der Waals surface area (Å²) in [5, 5.41) is 0. The van der Waals surface area contributed by atoms with Gasteiger partial charge in [-0.1, -0.05) is 0 Å². The fraction of sp³-hybridized carbons (Fsp3) is 0.250. The third-order valence-corrected chi connectivity index (χ3v) is 2.30. The Morgan fingerprint density at radius 1 is 1.38 bits per heavy atom. The molecule has 0 aliphatic carbocycles. The van der Waals surface area contributed by atoms with Gasteiger partial charge in [0.15, 0.2) is 0 Å². The van der Waals surface area contributed by atoms with Crippen molar-refractivity contribution in [3.05, 3.63) is 42.5 Å². The molecule has 2 N–H and O–H groups in total. The van der Waals surface area contributed by atoms with Crippen LogP contribution in [0.25, 0.3) is 11.4 Å². The van der Waals surface area contributed by atoms with E-state index in [1.54, 1.807) is 18.3 Å². The maximum Gasteiger partial charge on any atom is 0.139 e. The lowest BCUT2D eigenvalue weighted by atomic mass is 10.2. The van der Waals surface area contributed by atoms with Crippen molar-refractivity contribution in [3.63, 3.8) is 0 Å². The van der Waals surface area contributed by atoms with E-state index in [1.165, 1.54) is 12.1 Å². The molecule has 1 aromatic carbocycles. The number of hydrogen-bond donors (Lipinski definition) is 1. The average molecular weight is 219 g/mol. The predicted molar refractivity (Wildman–Crippen MR) is 61.3 cm³/mol. The van der Waals surface area contributed by atoms with Crippen LogP contribution in [0.3, 0.4) is 0 Å². The smallest absolute Gasteiger partial charge is 0.139 e. The van der Waals surface area contributed by atoms with Gasteiger partial charge in [0.1, 0.15) is 11.6 Å². The lowest BCUT2D eigenvalue weighted by Crippen LogP contribution is -2.22. The molecule has 0 amide bonds. The fourth-order valence-corrected chi connectivity index (χ4v) is 1.63. The Bertz CT molecular complexity index is 459. The van der Waals surface area contributed by atoms with Crippen molar-refractivity contribution in [2.45, 2.75) is 19.5 Å². The molecule has 0 radical (unpaired) electrons. The van der Waals surface area contributed by atoms with Gasteiger partial charge in [0.2, 0.25) is 0 Å². The predicted octanol–water partition coefficient (Wildman–Crippen LogP) is 2.04. The zero-order chi connectivity index (χ0) is 11.5. The van der Waals surface area contributed by atoms with Gasteiger partial charge in [-0.2, -0.15) is 0 Å². The van der Waals surface area contributed by atoms with E-state index < -0.39 is 0 Å². The van der Waals surface area contributed by atoms with E-state index in [9.17, 15) is 4.39 Å². The second-order valence-corrected chi connectivity index (χ2v) is 3.89. The van der Waals surface area contributed by atoms with E-state index >= 15 is 0 Å². The number of hydrogen-bond acceptors (Lipinski definition) is 2. The number of imidazole rings is 1. The molecule has 0 bridgehead atoms. The molecule has 0 spiro atoms. The minimum Gasteiger partial charge on any atom is -0.329 e. The largest absolute Gasteiger partial charge is 0.329 e. The van der Waals surface area contributed by atoms with Gasteiger partial charge in [-0.3, -0.25) is 0 Å². The minimum atomic E-state index is -0.242. The topological polar surface area (TPSA) is 43.8 Å². The summed E-state index contributed by atoms with van der Waals surface area (Å²) < 4.78 is 14.8. The first-order chi connectivity index (χ1) is 7.66. The van der Waals surface area contributed by atoms with Gasteiger partial charge in [0.05, 0.1) is 0 Å². The summed E-state index contributed by atoms with van der Waals surface area (Å²) in [7, 11) is 0. The standard InChI is InChI=1S/C12H14FN3/c1-9(14)8-16-7-6-15-12(16)10-2-4-11(13)5-3-10/h2-7,9H,8,14H2,1H3. The molecule has 16 heavy (non-hydrogen) atoms. The number of halogens is 1. The first-order valence-electron chi connectivity index (χ1n) is 5.19. The van der Waals surface area contributed by atoms with Crippen LogP contribution in [0.15, 0.2) is 36.7 Å². The van der Waals surface area contributed by atoms with Crippen molar-refractivity contribution in [3.8, 4) is 11.4 Å². The molecular formula is C12H14FN3. The first-order valence-corrected chi connectivity index (χ1v) is 5.19. The highest BCUT2D eigenvalue weighted by Gasteiger charge is 2.07. The summed E-state index contributed by atoms with van der Waals surface area (Å²) in [4.78, 5) is 4.25. The molecule has 1 aromatic heterocycles. The van der Waals surface area contributed by atoms with Crippen molar-refractivity contribution in [2.75, 3.05) is 0 Å². The summed E-state index contributed by atoms with van der Waals surface area (Å²) in [6.45, 7) is 2.64. The van der Waals surface area contributed by atoms with Crippen molar-refractivity contribution in [2.24, 2.45) is 5.73 Å². The molecule has 2 aromatic rings. The molecule has 3 nitrogen and oxygen atoms in total. The van der Waals surface area contributed by atoms with Gasteiger partial charge in [-0.05, 0) is 31.2 Å². The number of nitrogens with two attached hydrogens (primary N) is 1. The van der Waals surface area contributed by atoms with Gasteiger partial charge in [-0.25, -0.2) is 9.37 Å². The molecule has 84 valence electrons. The number of nitrogens with zero attached hydrogens (tertiary/aromatic N) is 2. The number of benzene rings is 1. The minimum absolute atomic E-state index is 0.0633. The molecule has 1 heterocycles. The number of aromatic nitrogens is 2. The zero-order valence-electron chi connectivity index (χ0n) is 9.10. The summed E-state index contributed by atoms with van der Waals surface area (Å²) in [6.07, 6.45) is 3.60. The summed E-state index contributed by atoms with van der Waals surface area (Å²) in [6, 6.07) is 6.36. The Kier molecular flexibility index (Phi) is 3.01. The lowest BCUT2D eigenvalue weighted by molar-refractivity contribution is 0.594. The third-order valence-electron chi connectivity index (χ3n) is 2.30. The van der Waals surface area contributed by atoms with Gasteiger partial charge in [0, 0.05) is 30.5 Å². The Labute approximate surface area is 93.7 Å². The molecule has 0 saturated heterocycles. The highest BCUT2D eigenvalue weighted by atomic mass is 19.1. The summed E-state index contributed by atoms with van der Waals surface area (Å²) in [5.41, 5.74) is 6.64. The second-order valence-electron chi connectivity index (χ2n) is 3.89. The van der Waals surface area contributed by atoms with E-state index in [0.717, 1.165) is 11.4 Å². The molecule has 0 fully saturated rings. The maximum absolute atomic E-state index is 12.8. The SMILES string of the molecule is CC(N)Cn1ccnc1-c1ccc(F)cc1. The van der Waals surface area contributed by atoms with Gasteiger partial charge >= 0.3 is 0 Å². The first kappa shape index (κ1) is 10.8. The van der Waals surface area contributed by atoms with Crippen molar-refractivity contribution < 1.29 is 4.39 Å². The molecule has 0 saturated carbocycles. The van der Waals surface area contributed by atoms with Crippen LogP contribution in [-0.2, 0) is 6.54 Å². The van der Waals surface area contributed by atoms with Gasteiger partial charge in [0.25, 0.3) is 0 Å². The third kappa shape index (κ3) is 2.28. The maximum atomic E-state index is 12.8. The second kappa shape index (κ2) is 4.45. The Hall–Kier alpha value is -1.68. The normalized spacial score (nSPS) is 12.7. The van der Waals surface area contributed by atoms with Crippen LogP contribution in [-0.4, -0.2) is 15.6 Å². The highest BCUT2D eigenvalue weighted by Crippen LogP contribution is 2.17. The quantitative estimate of drug-likeness (QED) is 0.858. The Morgan fingerprint density at radius 2 is 2.06 bits per heavy atom. The van der Waals surface area contributed by atoms with Crippen LogP contribution in [0, 0.1) is 5.82 Å². The van der Waals surface area contributed by atoms with Crippen LogP contribution in [0.2, 0.25) is 0 Å². The van der Waals surface area contributed by atoms with E-state index in [0.29, 0.717) is 6.54 Å². The van der Waals surface area contributed by atoms with Gasteiger partial charge < -0.3 is 10.3 Å². The van der Waals surface area contributed by atoms with Crippen molar-refractivity contribution >= 4 is 0 Å². The fourth-order valence-electron chi connectivity index (χ4n) is 1.63. The van der Waals surface area contributed by atoms with Crippen molar-refractivity contribution in [1.29, 1.82) is 0 Å². The molecule has 0 aliphatic heterocycles. The zero-order valence-corrected chi connectivity index (χ0v) is 9.10. The van der Waals surface area contributed by atoms with Crippen LogP contribution in [0.1, 0.15) is 6.92 Å². The van der Waals surface area contributed by atoms with Crippen LogP contribution >= 0.6 is 0 Å². The Balaban J connectivity index is 2.33. The monoisotopic (exact) mass is 219 g/mol. The summed E-state index contributed by atoms with van der Waals surface area (Å²) in [5.74, 6) is 0.575. The van der Waals surface area contributed by atoms with E-state index in [1.807, 2.05) is 17.7 Å². The van der Waals surface area contributed by atoms with Crippen LogP contribution < -0.4 is 5.73 Å². The Morgan fingerprint density at radius 3 is 2.69 bits per heavy atom. The van der Waals surface area contributed by atoms with Gasteiger partial charge in [-0.15, -0.1) is 0 Å². The van der Waals surface area contributed by atoms with E-state index in [2.05, 4.69) is 4.98 Å². The molecular weight excluding hydrogens is 205 g/mol. The van der Waals surface area contributed by atoms with E-state index in [-0.39, 0.29) is 11.9 Å². The van der Waals surface area contributed by atoms with Crippen LogP contribution in [0.4, 0.5) is 4.39 Å². The summed E-state index contributed by atoms with van der Waals surface area (Å²) >= 11 is 0. The lowest BCUT2D eigenvalue weighted by Gasteiger charge is -2.10. The van der Waals surface area contributed by atoms with Crippen LogP contribution in [0.5, 0.6) is 0 Å². The van der Waals surface area contributed by atoms with E-state index in [4.69, 9.17) is 5.73 Å². The van der Waals surface area contributed by atoms with Crippen molar-refractivity contribution in [1.82, 2.24) is 9.55 Å².